The molecule has 1 atom stereocenters. The van der Waals surface area contributed by atoms with Gasteiger partial charge in [0.1, 0.15) is 23.3 Å². The number of benzene rings is 1. The van der Waals surface area contributed by atoms with E-state index < -0.39 is 12.0 Å². The minimum atomic E-state index is -0.849. The van der Waals surface area contributed by atoms with E-state index in [4.69, 9.17) is 20.8 Å². The van der Waals surface area contributed by atoms with Gasteiger partial charge in [0, 0.05) is 5.56 Å². The summed E-state index contributed by atoms with van der Waals surface area (Å²) >= 11 is 7.75. The Bertz CT molecular complexity index is 689. The molecular weight excluding hydrogens is 350 g/mol. The van der Waals surface area contributed by atoms with Gasteiger partial charge in [0.15, 0.2) is 0 Å². The summed E-state index contributed by atoms with van der Waals surface area (Å²) in [4.78, 5) is 11.2. The van der Waals surface area contributed by atoms with Gasteiger partial charge in [-0.25, -0.2) is 0 Å². The molecule has 2 aromatic rings. The molecule has 5 nitrogen and oxygen atoms in total. The molecular formula is C17H20ClNO4S. The first-order chi connectivity index (χ1) is 11.5. The summed E-state index contributed by atoms with van der Waals surface area (Å²) in [5, 5.41) is 12.7. The topological polar surface area (TPSA) is 71.7 Å². The van der Waals surface area contributed by atoms with Crippen LogP contribution in [0.3, 0.4) is 0 Å². The third kappa shape index (κ3) is 4.93. The summed E-state index contributed by atoms with van der Waals surface area (Å²) in [5.74, 6) is 1.89. The van der Waals surface area contributed by atoms with Gasteiger partial charge in [-0.15, -0.1) is 0 Å². The molecule has 1 aromatic heterocycles. The quantitative estimate of drug-likeness (QED) is 0.698. The molecule has 0 saturated heterocycles. The van der Waals surface area contributed by atoms with Crippen LogP contribution < -0.4 is 10.1 Å². The van der Waals surface area contributed by atoms with E-state index in [0.717, 1.165) is 11.3 Å². The van der Waals surface area contributed by atoms with E-state index in [2.05, 4.69) is 5.32 Å². The predicted octanol–water partition coefficient (Wildman–Crippen LogP) is 3.90. The molecule has 0 spiro atoms. The van der Waals surface area contributed by atoms with Crippen molar-refractivity contribution in [3.63, 3.8) is 0 Å². The molecule has 7 heteroatoms. The Morgan fingerprint density at radius 1 is 1.42 bits per heavy atom. The number of hydrogen-bond donors (Lipinski definition) is 2. The number of nitrogens with one attached hydrogen (secondary N) is 1. The molecule has 2 rings (SSSR count). The van der Waals surface area contributed by atoms with Gasteiger partial charge in [0.2, 0.25) is 0 Å². The van der Waals surface area contributed by atoms with Gasteiger partial charge in [-0.05, 0) is 48.8 Å². The summed E-state index contributed by atoms with van der Waals surface area (Å²) in [6.45, 7) is 0.356. The minimum Gasteiger partial charge on any atom is -0.495 e. The van der Waals surface area contributed by atoms with Crippen molar-refractivity contribution in [2.45, 2.75) is 19.0 Å². The highest BCUT2D eigenvalue weighted by Crippen LogP contribution is 2.31. The van der Waals surface area contributed by atoms with Crippen molar-refractivity contribution in [3.8, 4) is 17.1 Å². The first-order valence-electron chi connectivity index (χ1n) is 7.43. The van der Waals surface area contributed by atoms with Crippen LogP contribution in [0.2, 0.25) is 5.02 Å². The number of carboxylic acids is 1. The summed E-state index contributed by atoms with van der Waals surface area (Å²) in [5.41, 5.74) is 0.837. The molecule has 0 aliphatic rings. The molecule has 1 aromatic carbocycles. The average molecular weight is 370 g/mol. The first-order valence-corrected chi connectivity index (χ1v) is 9.20. The second-order valence-corrected chi connectivity index (χ2v) is 6.56. The Kier molecular flexibility index (Phi) is 7.02. The number of methoxy groups -OCH3 is 1. The van der Waals surface area contributed by atoms with Gasteiger partial charge >= 0.3 is 5.97 Å². The predicted molar refractivity (Wildman–Crippen MR) is 97.0 cm³/mol. The molecule has 0 aliphatic heterocycles. The van der Waals surface area contributed by atoms with Crippen molar-refractivity contribution >= 4 is 29.3 Å². The van der Waals surface area contributed by atoms with Crippen molar-refractivity contribution in [1.29, 1.82) is 0 Å². The summed E-state index contributed by atoms with van der Waals surface area (Å²) in [7, 11) is 1.56. The molecule has 1 unspecified atom stereocenters. The summed E-state index contributed by atoms with van der Waals surface area (Å²) in [6, 6.07) is 8.50. The van der Waals surface area contributed by atoms with Gasteiger partial charge in [-0.3, -0.25) is 10.1 Å². The molecule has 2 N–H and O–H groups in total. The van der Waals surface area contributed by atoms with E-state index in [1.54, 1.807) is 31.0 Å². The largest absolute Gasteiger partial charge is 0.495 e. The molecule has 0 radical (unpaired) electrons. The maximum Gasteiger partial charge on any atom is 0.320 e. The number of carboxylic acid groups (broad SMARTS) is 1. The Hall–Kier alpha value is -1.63. The van der Waals surface area contributed by atoms with E-state index in [1.165, 1.54) is 0 Å². The van der Waals surface area contributed by atoms with Gasteiger partial charge < -0.3 is 14.3 Å². The van der Waals surface area contributed by atoms with E-state index >= 15 is 0 Å². The zero-order valence-electron chi connectivity index (χ0n) is 13.5. The zero-order chi connectivity index (χ0) is 17.5. The zero-order valence-corrected chi connectivity index (χ0v) is 15.1. The molecule has 0 bridgehead atoms. The van der Waals surface area contributed by atoms with Crippen LogP contribution in [0.5, 0.6) is 5.75 Å². The molecule has 1 heterocycles. The Morgan fingerprint density at radius 2 is 2.21 bits per heavy atom. The number of carbonyl (C=O) groups is 1. The average Bonchev–Trinajstić information content (AvgIpc) is 3.03. The number of thioether (sulfide) groups is 1. The van der Waals surface area contributed by atoms with Crippen LogP contribution in [0.25, 0.3) is 11.3 Å². The lowest BCUT2D eigenvalue weighted by Gasteiger charge is -2.12. The fourth-order valence-electron chi connectivity index (χ4n) is 2.22. The second kappa shape index (κ2) is 9.01. The Morgan fingerprint density at radius 3 is 2.83 bits per heavy atom. The van der Waals surface area contributed by atoms with Crippen LogP contribution in [0.1, 0.15) is 12.2 Å². The van der Waals surface area contributed by atoms with E-state index in [9.17, 15) is 9.90 Å². The molecule has 130 valence electrons. The maximum absolute atomic E-state index is 11.2. The Labute approximate surface area is 150 Å². The van der Waals surface area contributed by atoms with Crippen molar-refractivity contribution in [2.75, 3.05) is 19.1 Å². The fraction of sp³-hybridized carbons (Fsp3) is 0.353. The fourth-order valence-corrected chi connectivity index (χ4v) is 2.95. The van der Waals surface area contributed by atoms with Crippen LogP contribution in [0.4, 0.5) is 0 Å². The highest BCUT2D eigenvalue weighted by Gasteiger charge is 2.17. The number of halogens is 1. The van der Waals surface area contributed by atoms with Crippen molar-refractivity contribution in [2.24, 2.45) is 0 Å². The number of aliphatic carboxylic acids is 1. The summed E-state index contributed by atoms with van der Waals surface area (Å²) in [6.07, 6.45) is 2.52. The lowest BCUT2D eigenvalue weighted by Crippen LogP contribution is -2.36. The van der Waals surface area contributed by atoms with Gasteiger partial charge in [-0.1, -0.05) is 11.6 Å². The molecule has 0 aliphatic carbocycles. The van der Waals surface area contributed by atoms with Gasteiger partial charge in [-0.2, -0.15) is 11.8 Å². The third-order valence-electron chi connectivity index (χ3n) is 3.53. The molecule has 0 amide bonds. The monoisotopic (exact) mass is 369 g/mol. The summed E-state index contributed by atoms with van der Waals surface area (Å²) < 4.78 is 10.9. The number of rotatable bonds is 9. The van der Waals surface area contributed by atoms with Crippen LogP contribution in [0, 0.1) is 0 Å². The SMILES string of the molecule is COc1ccc(-c2ccc(CNC(CCSC)C(=O)O)o2)cc1Cl. The molecule has 24 heavy (non-hydrogen) atoms. The molecule has 0 fully saturated rings. The number of ether oxygens (including phenoxy) is 1. The second-order valence-electron chi connectivity index (χ2n) is 5.17. The highest BCUT2D eigenvalue weighted by molar-refractivity contribution is 7.98. The van der Waals surface area contributed by atoms with E-state index in [0.29, 0.717) is 35.3 Å². The van der Waals surface area contributed by atoms with Crippen LogP contribution >= 0.6 is 23.4 Å². The molecule has 0 saturated carbocycles. The van der Waals surface area contributed by atoms with E-state index in [-0.39, 0.29) is 0 Å². The normalized spacial score (nSPS) is 12.1. The Balaban J connectivity index is 2.02. The lowest BCUT2D eigenvalue weighted by atomic mass is 10.2. The van der Waals surface area contributed by atoms with Crippen LogP contribution in [-0.4, -0.2) is 36.2 Å². The van der Waals surface area contributed by atoms with Crippen LogP contribution in [-0.2, 0) is 11.3 Å². The van der Waals surface area contributed by atoms with Gasteiger partial charge in [0.05, 0.1) is 18.7 Å². The standard InChI is InChI=1S/C17H20ClNO4S/c1-22-16-5-3-11(9-13(16)18)15-6-4-12(23-15)10-19-14(17(20)21)7-8-24-2/h3-6,9,14,19H,7-8,10H2,1-2H3,(H,20,21). The van der Waals surface area contributed by atoms with E-state index in [1.807, 2.05) is 24.5 Å². The smallest absolute Gasteiger partial charge is 0.320 e. The number of furan rings is 1. The van der Waals surface area contributed by atoms with Crippen LogP contribution in [0.15, 0.2) is 34.7 Å². The number of hydrogen-bond acceptors (Lipinski definition) is 5. The lowest BCUT2D eigenvalue weighted by molar-refractivity contribution is -0.139. The van der Waals surface area contributed by atoms with Crippen molar-refractivity contribution < 1.29 is 19.1 Å². The van der Waals surface area contributed by atoms with Gasteiger partial charge in [0.25, 0.3) is 0 Å². The highest BCUT2D eigenvalue weighted by atomic mass is 35.5. The van der Waals surface area contributed by atoms with Crippen molar-refractivity contribution in [1.82, 2.24) is 5.32 Å². The van der Waals surface area contributed by atoms with Crippen molar-refractivity contribution in [3.05, 3.63) is 41.1 Å². The maximum atomic E-state index is 11.2. The first kappa shape index (κ1) is 18.7. The third-order valence-corrected chi connectivity index (χ3v) is 4.47. The minimum absolute atomic E-state index is 0.356.